The molecule has 2 aromatic rings. The second kappa shape index (κ2) is 6.67. The van der Waals surface area contributed by atoms with Gasteiger partial charge in [0.05, 0.1) is 16.7 Å². The molecule has 122 valence electrons. The van der Waals surface area contributed by atoms with E-state index in [1.165, 1.54) is 30.0 Å². The van der Waals surface area contributed by atoms with E-state index in [0.717, 1.165) is 5.75 Å². The molecule has 3 rings (SSSR count). The van der Waals surface area contributed by atoms with Crippen molar-refractivity contribution in [1.29, 1.82) is 0 Å². The summed E-state index contributed by atoms with van der Waals surface area (Å²) in [7, 11) is 0. The Bertz CT molecular complexity index is 817. The number of amides is 2. The van der Waals surface area contributed by atoms with Crippen molar-refractivity contribution in [3.8, 4) is 0 Å². The van der Waals surface area contributed by atoms with Gasteiger partial charge in [0, 0.05) is 9.92 Å². The van der Waals surface area contributed by atoms with Crippen LogP contribution in [0.2, 0.25) is 5.02 Å². The molecular formula is C17H12ClNO4S. The molecule has 0 N–H and O–H groups in total. The first kappa shape index (κ1) is 16.5. The molecule has 0 saturated carbocycles. The largest absolute Gasteiger partial charge is 0.365 e. The van der Waals surface area contributed by atoms with Crippen molar-refractivity contribution in [2.45, 2.75) is 11.8 Å². The van der Waals surface area contributed by atoms with Crippen LogP contribution in [0, 0.1) is 0 Å². The number of nitrogens with zero attached hydrogens (tertiary/aromatic N) is 1. The Morgan fingerprint density at radius 3 is 2.33 bits per heavy atom. The maximum Gasteiger partial charge on any atom is 0.365 e. The molecule has 0 saturated heterocycles. The number of hydroxylamine groups is 2. The van der Waals surface area contributed by atoms with Crippen molar-refractivity contribution in [1.82, 2.24) is 5.06 Å². The number of rotatable bonds is 4. The molecule has 1 aliphatic heterocycles. The molecule has 0 radical (unpaired) electrons. The van der Waals surface area contributed by atoms with Gasteiger partial charge < -0.3 is 4.84 Å². The smallest absolute Gasteiger partial charge is 0.324 e. The second-order valence-electron chi connectivity index (χ2n) is 4.90. The zero-order chi connectivity index (χ0) is 17.3. The molecule has 2 aromatic carbocycles. The van der Waals surface area contributed by atoms with Gasteiger partial charge in [0.1, 0.15) is 0 Å². The Balaban J connectivity index is 1.88. The van der Waals surface area contributed by atoms with Crippen LogP contribution in [0.4, 0.5) is 0 Å². The zero-order valence-corrected chi connectivity index (χ0v) is 14.2. The summed E-state index contributed by atoms with van der Waals surface area (Å²) in [5, 5.41) is 0.860. The van der Waals surface area contributed by atoms with Gasteiger partial charge in [-0.25, -0.2) is 4.79 Å². The number of hydrogen-bond donors (Lipinski definition) is 0. The van der Waals surface area contributed by atoms with E-state index in [9.17, 15) is 14.4 Å². The third-order valence-electron chi connectivity index (χ3n) is 3.39. The number of hydrogen-bond acceptors (Lipinski definition) is 5. The van der Waals surface area contributed by atoms with Crippen LogP contribution >= 0.6 is 23.4 Å². The van der Waals surface area contributed by atoms with Gasteiger partial charge in [-0.15, -0.1) is 11.8 Å². The van der Waals surface area contributed by atoms with E-state index < -0.39 is 17.8 Å². The topological polar surface area (TPSA) is 63.7 Å². The van der Waals surface area contributed by atoms with Gasteiger partial charge in [-0.2, -0.15) is 0 Å². The lowest BCUT2D eigenvalue weighted by Gasteiger charge is -2.14. The molecule has 0 aliphatic carbocycles. The van der Waals surface area contributed by atoms with E-state index in [-0.39, 0.29) is 16.7 Å². The number of thioether (sulfide) groups is 1. The normalized spacial score (nSPS) is 13.2. The molecule has 24 heavy (non-hydrogen) atoms. The minimum atomic E-state index is -0.803. The van der Waals surface area contributed by atoms with Crippen LogP contribution in [0.25, 0.3) is 0 Å². The average molecular weight is 362 g/mol. The second-order valence-corrected chi connectivity index (χ2v) is 6.64. The molecule has 0 fully saturated rings. The Hall–Kier alpha value is -2.31. The molecule has 1 heterocycles. The van der Waals surface area contributed by atoms with Gasteiger partial charge in [0.15, 0.2) is 0 Å². The Morgan fingerprint density at radius 1 is 1.12 bits per heavy atom. The molecule has 1 aliphatic rings. The number of benzene rings is 2. The van der Waals surface area contributed by atoms with Crippen molar-refractivity contribution in [2.24, 2.45) is 0 Å². The van der Waals surface area contributed by atoms with Crippen LogP contribution in [0.15, 0.2) is 47.4 Å². The number of fused-ring (bicyclic) bond motifs is 1. The predicted molar refractivity (Wildman–Crippen MR) is 90.2 cm³/mol. The minimum Gasteiger partial charge on any atom is -0.324 e. The fourth-order valence-corrected chi connectivity index (χ4v) is 3.27. The van der Waals surface area contributed by atoms with Gasteiger partial charge >= 0.3 is 5.97 Å². The first-order valence-corrected chi connectivity index (χ1v) is 8.51. The van der Waals surface area contributed by atoms with Gasteiger partial charge in [0.25, 0.3) is 11.8 Å². The van der Waals surface area contributed by atoms with Gasteiger partial charge in [-0.05, 0) is 36.1 Å². The summed E-state index contributed by atoms with van der Waals surface area (Å²) < 4.78 is 0. The molecule has 0 unspecified atom stereocenters. The van der Waals surface area contributed by atoms with Crippen LogP contribution in [0.5, 0.6) is 0 Å². The number of carbonyl (C=O) groups is 3. The zero-order valence-electron chi connectivity index (χ0n) is 12.6. The lowest BCUT2D eigenvalue weighted by atomic mass is 10.1. The lowest BCUT2D eigenvalue weighted by molar-refractivity contribution is -0.0586. The SMILES string of the molecule is CCSc1ccc(Cl)cc1C(=O)ON1C(=O)c2ccccc2C1=O. The average Bonchev–Trinajstić information content (AvgIpc) is 2.82. The summed E-state index contributed by atoms with van der Waals surface area (Å²) in [5.41, 5.74) is 0.639. The van der Waals surface area contributed by atoms with Gasteiger partial charge in [-0.3, -0.25) is 9.59 Å². The van der Waals surface area contributed by atoms with E-state index in [1.54, 1.807) is 24.3 Å². The van der Waals surface area contributed by atoms with Crippen LogP contribution in [0.1, 0.15) is 38.0 Å². The monoisotopic (exact) mass is 361 g/mol. The molecule has 5 nitrogen and oxygen atoms in total. The van der Waals surface area contributed by atoms with Crippen LogP contribution in [-0.4, -0.2) is 28.6 Å². The highest BCUT2D eigenvalue weighted by molar-refractivity contribution is 7.99. The number of halogens is 1. The summed E-state index contributed by atoms with van der Waals surface area (Å²) >= 11 is 7.38. The molecule has 0 spiro atoms. The first-order valence-electron chi connectivity index (χ1n) is 7.15. The van der Waals surface area contributed by atoms with E-state index in [0.29, 0.717) is 15.0 Å². The van der Waals surface area contributed by atoms with Gasteiger partial charge in [-0.1, -0.05) is 35.7 Å². The van der Waals surface area contributed by atoms with Crippen molar-refractivity contribution in [3.05, 3.63) is 64.2 Å². The first-order chi connectivity index (χ1) is 11.5. The van der Waals surface area contributed by atoms with Crippen molar-refractivity contribution in [2.75, 3.05) is 5.75 Å². The maximum absolute atomic E-state index is 12.5. The van der Waals surface area contributed by atoms with Crippen molar-refractivity contribution in [3.63, 3.8) is 0 Å². The summed E-state index contributed by atoms with van der Waals surface area (Å²) in [6, 6.07) is 11.1. The summed E-state index contributed by atoms with van der Waals surface area (Å²) in [6.45, 7) is 1.94. The maximum atomic E-state index is 12.5. The van der Waals surface area contributed by atoms with Crippen molar-refractivity contribution >= 4 is 41.1 Å². The molecule has 7 heteroatoms. The fourth-order valence-electron chi connectivity index (χ4n) is 2.33. The quantitative estimate of drug-likeness (QED) is 0.612. The Kier molecular flexibility index (Phi) is 4.59. The summed E-state index contributed by atoms with van der Waals surface area (Å²) in [5.74, 6) is -1.37. The highest BCUT2D eigenvalue weighted by Gasteiger charge is 2.39. The highest BCUT2D eigenvalue weighted by atomic mass is 35.5. The minimum absolute atomic E-state index is 0.213. The molecular weight excluding hydrogens is 350 g/mol. The lowest BCUT2D eigenvalue weighted by Crippen LogP contribution is -2.32. The molecule has 0 atom stereocenters. The summed E-state index contributed by atoms with van der Waals surface area (Å²) in [6.07, 6.45) is 0. The van der Waals surface area contributed by atoms with E-state index in [1.807, 2.05) is 6.92 Å². The Labute approximate surface area is 147 Å². The van der Waals surface area contributed by atoms with E-state index in [4.69, 9.17) is 16.4 Å². The third kappa shape index (κ3) is 2.90. The van der Waals surface area contributed by atoms with E-state index >= 15 is 0 Å². The van der Waals surface area contributed by atoms with Gasteiger partial charge in [0.2, 0.25) is 0 Å². The predicted octanol–water partition coefficient (Wildman–Crippen LogP) is 3.82. The molecule has 2 amide bonds. The molecule has 0 bridgehead atoms. The van der Waals surface area contributed by atoms with Crippen molar-refractivity contribution < 1.29 is 19.2 Å². The van der Waals surface area contributed by atoms with Crippen LogP contribution in [-0.2, 0) is 4.84 Å². The number of carbonyl (C=O) groups excluding carboxylic acids is 3. The van der Waals surface area contributed by atoms with Crippen LogP contribution in [0.3, 0.4) is 0 Å². The number of imide groups is 1. The fraction of sp³-hybridized carbons (Fsp3) is 0.118. The summed E-state index contributed by atoms with van der Waals surface area (Å²) in [4.78, 5) is 42.7. The Morgan fingerprint density at radius 2 is 1.75 bits per heavy atom. The standard InChI is InChI=1S/C17H12ClNO4S/c1-2-24-14-8-7-10(18)9-13(14)17(22)23-19-15(20)11-5-3-4-6-12(11)16(19)21/h3-9H,2H2,1H3. The van der Waals surface area contributed by atoms with E-state index in [2.05, 4.69) is 0 Å². The van der Waals surface area contributed by atoms with Crippen LogP contribution < -0.4 is 0 Å². The molecule has 0 aromatic heterocycles. The third-order valence-corrected chi connectivity index (χ3v) is 4.58. The highest BCUT2D eigenvalue weighted by Crippen LogP contribution is 2.28.